The summed E-state index contributed by atoms with van der Waals surface area (Å²) in [6.45, 7) is 3.91. The van der Waals surface area contributed by atoms with Gasteiger partial charge in [-0.3, -0.25) is 0 Å². The van der Waals surface area contributed by atoms with E-state index in [1.807, 2.05) is 13.8 Å². The number of benzene rings is 1. The molecule has 0 aliphatic rings. The van der Waals surface area contributed by atoms with Crippen LogP contribution in [0, 0.1) is 11.6 Å². The fraction of sp³-hybridized carbons (Fsp3) is 0.400. The summed E-state index contributed by atoms with van der Waals surface area (Å²) < 4.78 is 25.5. The van der Waals surface area contributed by atoms with Crippen LogP contribution in [-0.2, 0) is 0 Å². The lowest BCUT2D eigenvalue weighted by molar-refractivity contribution is 0.556. The van der Waals surface area contributed by atoms with Crippen LogP contribution in [0.5, 0.6) is 0 Å². The van der Waals surface area contributed by atoms with Crippen molar-refractivity contribution in [1.29, 1.82) is 0 Å². The predicted molar refractivity (Wildman–Crippen MR) is 45.1 cm³/mol. The Kier molecular flexibility index (Phi) is 2.79. The minimum absolute atomic E-state index is 0.158. The molecule has 0 spiro atoms. The van der Waals surface area contributed by atoms with Gasteiger partial charge in [-0.2, -0.15) is 0 Å². The third kappa shape index (κ3) is 1.81. The van der Waals surface area contributed by atoms with Gasteiger partial charge in [0.2, 0.25) is 0 Å². The van der Waals surface area contributed by atoms with Crippen molar-refractivity contribution in [3.63, 3.8) is 0 Å². The van der Waals surface area contributed by atoms with Gasteiger partial charge in [-0.25, -0.2) is 8.78 Å². The Labute approximate surface area is 71.2 Å². The number of rotatable bonds is 2. The van der Waals surface area contributed by atoms with Gasteiger partial charge in [0.25, 0.3) is 0 Å². The first-order valence-corrected chi connectivity index (χ1v) is 4.10. The van der Waals surface area contributed by atoms with Gasteiger partial charge in [0.1, 0.15) is 11.6 Å². The van der Waals surface area contributed by atoms with Crippen LogP contribution in [0.1, 0.15) is 31.7 Å². The molecule has 12 heavy (non-hydrogen) atoms. The third-order valence-corrected chi connectivity index (χ3v) is 2.11. The van der Waals surface area contributed by atoms with Crippen molar-refractivity contribution in [2.75, 3.05) is 0 Å². The lowest BCUT2D eigenvalue weighted by Crippen LogP contribution is -1.96. The second-order valence-electron chi connectivity index (χ2n) is 2.98. The van der Waals surface area contributed by atoms with Crippen molar-refractivity contribution >= 4 is 0 Å². The van der Waals surface area contributed by atoms with Crippen LogP contribution in [0.25, 0.3) is 0 Å². The molecule has 1 atom stereocenters. The molecule has 0 N–H and O–H groups in total. The molecule has 2 heteroatoms. The maximum atomic E-state index is 13.0. The molecule has 0 radical (unpaired) electrons. The van der Waals surface area contributed by atoms with Crippen LogP contribution >= 0.6 is 0 Å². The molecule has 0 saturated carbocycles. The van der Waals surface area contributed by atoms with E-state index in [2.05, 4.69) is 0 Å². The fourth-order valence-electron chi connectivity index (χ4n) is 1.12. The second-order valence-corrected chi connectivity index (χ2v) is 2.98. The number of hydrogen-bond donors (Lipinski definition) is 0. The molecular formula is C10H12F2. The maximum absolute atomic E-state index is 13.0. The Balaban J connectivity index is 3.01. The van der Waals surface area contributed by atoms with E-state index in [0.717, 1.165) is 12.5 Å². The van der Waals surface area contributed by atoms with Crippen molar-refractivity contribution in [2.24, 2.45) is 0 Å². The molecule has 0 bridgehead atoms. The molecule has 0 aliphatic heterocycles. The standard InChI is InChI=1S/C10H12F2/c1-3-7(2)9-5-4-8(11)6-10(9)12/h4-7H,3H2,1-2H3/t7-/m1/s1. The zero-order chi connectivity index (χ0) is 9.14. The molecule has 0 aliphatic carbocycles. The molecule has 0 unspecified atom stereocenters. The molecule has 1 rings (SSSR count). The highest BCUT2D eigenvalue weighted by Crippen LogP contribution is 2.21. The monoisotopic (exact) mass is 170 g/mol. The molecule has 66 valence electrons. The lowest BCUT2D eigenvalue weighted by atomic mass is 9.98. The van der Waals surface area contributed by atoms with Crippen LogP contribution in [0.3, 0.4) is 0 Å². The number of hydrogen-bond acceptors (Lipinski definition) is 0. The average Bonchev–Trinajstić information content (AvgIpc) is 2.03. The first-order valence-electron chi connectivity index (χ1n) is 4.10. The number of halogens is 2. The zero-order valence-corrected chi connectivity index (χ0v) is 7.27. The van der Waals surface area contributed by atoms with Gasteiger partial charge in [0, 0.05) is 6.07 Å². The topological polar surface area (TPSA) is 0 Å². The summed E-state index contributed by atoms with van der Waals surface area (Å²) in [7, 11) is 0. The van der Waals surface area contributed by atoms with Gasteiger partial charge >= 0.3 is 0 Å². The highest BCUT2D eigenvalue weighted by molar-refractivity contribution is 5.21. The van der Waals surface area contributed by atoms with Gasteiger partial charge in [-0.15, -0.1) is 0 Å². The summed E-state index contributed by atoms with van der Waals surface area (Å²) in [5, 5.41) is 0. The summed E-state index contributed by atoms with van der Waals surface area (Å²) in [5.41, 5.74) is 0.596. The van der Waals surface area contributed by atoms with Crippen molar-refractivity contribution in [2.45, 2.75) is 26.2 Å². The summed E-state index contributed by atoms with van der Waals surface area (Å²) in [6.07, 6.45) is 0.864. The molecule has 0 saturated heterocycles. The Bertz CT molecular complexity index is 269. The Morgan fingerprint density at radius 1 is 1.33 bits per heavy atom. The highest BCUT2D eigenvalue weighted by Gasteiger charge is 2.08. The Morgan fingerprint density at radius 2 is 2.00 bits per heavy atom. The van der Waals surface area contributed by atoms with E-state index in [1.165, 1.54) is 12.1 Å². The molecule has 1 aromatic carbocycles. The van der Waals surface area contributed by atoms with Crippen molar-refractivity contribution in [3.05, 3.63) is 35.4 Å². The summed E-state index contributed by atoms with van der Waals surface area (Å²) in [5.74, 6) is -0.797. The minimum atomic E-state index is -0.514. The van der Waals surface area contributed by atoms with Gasteiger partial charge in [-0.1, -0.05) is 19.9 Å². The SMILES string of the molecule is CC[C@@H](C)c1ccc(F)cc1F. The molecule has 0 nitrogen and oxygen atoms in total. The van der Waals surface area contributed by atoms with Crippen LogP contribution in [0.4, 0.5) is 8.78 Å². The average molecular weight is 170 g/mol. The summed E-state index contributed by atoms with van der Waals surface area (Å²) in [6, 6.07) is 3.74. The molecular weight excluding hydrogens is 158 g/mol. The second kappa shape index (κ2) is 3.65. The largest absolute Gasteiger partial charge is 0.207 e. The van der Waals surface area contributed by atoms with Crippen LogP contribution in [0.15, 0.2) is 18.2 Å². The predicted octanol–water partition coefficient (Wildman–Crippen LogP) is 3.48. The van der Waals surface area contributed by atoms with Crippen LogP contribution in [0.2, 0.25) is 0 Å². The van der Waals surface area contributed by atoms with E-state index in [4.69, 9.17) is 0 Å². The van der Waals surface area contributed by atoms with E-state index in [1.54, 1.807) is 0 Å². The van der Waals surface area contributed by atoms with E-state index in [0.29, 0.717) is 5.56 Å². The van der Waals surface area contributed by atoms with Gasteiger partial charge in [0.05, 0.1) is 0 Å². The Hall–Kier alpha value is -0.920. The third-order valence-electron chi connectivity index (χ3n) is 2.11. The zero-order valence-electron chi connectivity index (χ0n) is 7.27. The highest BCUT2D eigenvalue weighted by atomic mass is 19.1. The maximum Gasteiger partial charge on any atom is 0.129 e. The van der Waals surface area contributed by atoms with Crippen molar-refractivity contribution < 1.29 is 8.78 Å². The van der Waals surface area contributed by atoms with E-state index < -0.39 is 11.6 Å². The molecule has 0 amide bonds. The smallest absolute Gasteiger partial charge is 0.129 e. The van der Waals surface area contributed by atoms with Crippen molar-refractivity contribution in [3.8, 4) is 0 Å². The van der Waals surface area contributed by atoms with E-state index in [-0.39, 0.29) is 5.92 Å². The summed E-state index contributed by atoms with van der Waals surface area (Å²) in [4.78, 5) is 0. The van der Waals surface area contributed by atoms with Gasteiger partial charge in [0.15, 0.2) is 0 Å². The van der Waals surface area contributed by atoms with Crippen LogP contribution < -0.4 is 0 Å². The van der Waals surface area contributed by atoms with Gasteiger partial charge in [-0.05, 0) is 24.0 Å². The molecule has 0 aromatic heterocycles. The molecule has 0 fully saturated rings. The lowest BCUT2D eigenvalue weighted by Gasteiger charge is -2.09. The van der Waals surface area contributed by atoms with Gasteiger partial charge < -0.3 is 0 Å². The van der Waals surface area contributed by atoms with Crippen LogP contribution in [-0.4, -0.2) is 0 Å². The normalized spacial score (nSPS) is 13.0. The van der Waals surface area contributed by atoms with E-state index >= 15 is 0 Å². The van der Waals surface area contributed by atoms with E-state index in [9.17, 15) is 8.78 Å². The fourth-order valence-corrected chi connectivity index (χ4v) is 1.12. The molecule has 1 aromatic rings. The quantitative estimate of drug-likeness (QED) is 0.637. The minimum Gasteiger partial charge on any atom is -0.207 e. The first kappa shape index (κ1) is 9.17. The summed E-state index contributed by atoms with van der Waals surface area (Å²) >= 11 is 0. The Morgan fingerprint density at radius 3 is 2.50 bits per heavy atom. The molecule has 0 heterocycles. The first-order chi connectivity index (χ1) is 5.65. The van der Waals surface area contributed by atoms with Crippen molar-refractivity contribution in [1.82, 2.24) is 0 Å².